The molecule has 0 spiro atoms. The monoisotopic (exact) mass is 466 g/mol. The van der Waals surface area contributed by atoms with Gasteiger partial charge in [0.05, 0.1) is 12.7 Å². The molecule has 8 N–H and O–H groups in total. The molecule has 1 aromatic rings. The summed E-state index contributed by atoms with van der Waals surface area (Å²) < 4.78 is 51.7. The molecule has 1 fully saturated rings. The topological polar surface area (TPSA) is 256 Å². The van der Waals surface area contributed by atoms with E-state index in [-0.39, 0.29) is 12.2 Å². The summed E-state index contributed by atoms with van der Waals surface area (Å²) >= 11 is 0. The normalized spacial score (nSPS) is 27.2. The van der Waals surface area contributed by atoms with E-state index >= 15 is 0 Å². The Balaban J connectivity index is 1.98. The highest BCUT2D eigenvalue weighted by atomic mass is 31.3. The fourth-order valence-electron chi connectivity index (χ4n) is 2.20. The van der Waals surface area contributed by atoms with E-state index in [0.717, 1.165) is 4.57 Å². The third kappa shape index (κ3) is 6.81. The maximum absolute atomic E-state index is 11.8. The molecule has 5 atom stereocenters. The average Bonchev–Trinajstić information content (AvgIpc) is 2.82. The van der Waals surface area contributed by atoms with E-state index in [0.29, 0.717) is 0 Å². The van der Waals surface area contributed by atoms with E-state index in [4.69, 9.17) is 30.9 Å². The largest absolute Gasteiger partial charge is 0.490 e. The molecule has 0 bridgehead atoms. The van der Waals surface area contributed by atoms with Gasteiger partial charge in [0.25, 0.3) is 0 Å². The van der Waals surface area contributed by atoms with Crippen LogP contribution in [0.4, 0.5) is 5.82 Å². The lowest BCUT2D eigenvalue weighted by Gasteiger charge is -2.19. The van der Waals surface area contributed by atoms with Crippen LogP contribution in [-0.2, 0) is 31.6 Å². The Kier molecular flexibility index (Phi) is 6.99. The molecule has 1 aliphatic rings. The van der Waals surface area contributed by atoms with Crippen LogP contribution in [-0.4, -0.2) is 47.9 Å². The summed E-state index contributed by atoms with van der Waals surface area (Å²) in [6.07, 6.45) is -0.521. The molecule has 1 aliphatic heterocycles. The molecule has 0 amide bonds. The van der Waals surface area contributed by atoms with E-state index < -0.39 is 54.1 Å². The molecule has 1 aromatic heterocycles. The van der Waals surface area contributed by atoms with Crippen molar-refractivity contribution in [2.45, 2.75) is 24.8 Å². The third-order valence-electron chi connectivity index (χ3n) is 3.26. The molecular weight excluding hydrogens is 449 g/mol. The van der Waals surface area contributed by atoms with Crippen LogP contribution < -0.4 is 17.2 Å². The van der Waals surface area contributed by atoms with Gasteiger partial charge in [0.1, 0.15) is 12.0 Å². The van der Waals surface area contributed by atoms with Crippen LogP contribution >= 0.6 is 23.5 Å². The summed E-state index contributed by atoms with van der Waals surface area (Å²) in [5, 5.41) is 0. The van der Waals surface area contributed by atoms with Crippen LogP contribution in [0.15, 0.2) is 17.1 Å². The van der Waals surface area contributed by atoms with Gasteiger partial charge in [-0.2, -0.15) is 13.6 Å². The van der Waals surface area contributed by atoms with Gasteiger partial charge in [0.15, 0.2) is 0 Å². The predicted molar refractivity (Wildman–Crippen MR) is 89.2 cm³/mol. The second kappa shape index (κ2) is 8.40. The maximum atomic E-state index is 11.8. The van der Waals surface area contributed by atoms with Gasteiger partial charge in [-0.15, -0.1) is 0 Å². The summed E-state index contributed by atoms with van der Waals surface area (Å²) in [5.41, 5.74) is 10.5. The fraction of sp³-hybridized carbons (Fsp3) is 0.556. The first-order valence-corrected chi connectivity index (χ1v) is 11.7. The van der Waals surface area contributed by atoms with Crippen LogP contribution in [0.25, 0.3) is 0 Å². The molecule has 0 aliphatic carbocycles. The van der Waals surface area contributed by atoms with Gasteiger partial charge in [-0.3, -0.25) is 9.09 Å². The Labute approximate surface area is 156 Å². The van der Waals surface area contributed by atoms with E-state index in [2.05, 4.69) is 18.1 Å². The standard InChI is InChI=1S/C9H17N4O12P3/c10-5-3-8(13-2-1-7(11)12-9(13)14)23-6(5)4-22-27(18,19)25-28(20,21)24-26(15,16)17/h1-2,5-6,8H,3-4,10H2,(H,18,19)(H,20,21)(H2,11,12,14)(H2,15,16,17). The molecule has 0 radical (unpaired) electrons. The minimum atomic E-state index is -5.62. The number of ether oxygens (including phenoxy) is 1. The fourth-order valence-corrected chi connectivity index (χ4v) is 5.23. The third-order valence-corrected chi connectivity index (χ3v) is 7.07. The molecule has 0 saturated carbocycles. The van der Waals surface area contributed by atoms with Crippen LogP contribution in [0, 0.1) is 0 Å². The first-order valence-electron chi connectivity index (χ1n) is 7.21. The molecule has 19 heteroatoms. The lowest BCUT2D eigenvalue weighted by atomic mass is 10.1. The molecule has 0 aromatic carbocycles. The lowest BCUT2D eigenvalue weighted by Crippen LogP contribution is -2.33. The summed E-state index contributed by atoms with van der Waals surface area (Å²) in [5.74, 6) is -0.00671. The Morgan fingerprint density at radius 2 is 1.86 bits per heavy atom. The highest BCUT2D eigenvalue weighted by Gasteiger charge is 2.42. The summed E-state index contributed by atoms with van der Waals surface area (Å²) in [6, 6.07) is 0.567. The van der Waals surface area contributed by atoms with Crippen LogP contribution in [0.1, 0.15) is 12.6 Å². The number of phosphoric ester groups is 1. The van der Waals surface area contributed by atoms with E-state index in [1.807, 2.05) is 0 Å². The molecule has 2 heterocycles. The quantitative estimate of drug-likeness (QED) is 0.245. The van der Waals surface area contributed by atoms with Crippen molar-refractivity contribution in [1.29, 1.82) is 0 Å². The zero-order valence-corrected chi connectivity index (χ0v) is 16.4. The predicted octanol–water partition coefficient (Wildman–Crippen LogP) is -1.22. The van der Waals surface area contributed by atoms with Crippen LogP contribution in [0.3, 0.4) is 0 Å². The Morgan fingerprint density at radius 3 is 2.43 bits per heavy atom. The van der Waals surface area contributed by atoms with Gasteiger partial charge in [-0.25, -0.2) is 18.5 Å². The first-order chi connectivity index (χ1) is 12.7. The van der Waals surface area contributed by atoms with Crippen molar-refractivity contribution in [3.8, 4) is 0 Å². The highest BCUT2D eigenvalue weighted by molar-refractivity contribution is 7.66. The number of aromatic nitrogens is 2. The second-order valence-electron chi connectivity index (χ2n) is 5.46. The molecule has 5 unspecified atom stereocenters. The summed E-state index contributed by atoms with van der Waals surface area (Å²) in [7, 11) is -16.4. The van der Waals surface area contributed by atoms with Crippen molar-refractivity contribution in [2.24, 2.45) is 5.73 Å². The van der Waals surface area contributed by atoms with Crippen molar-refractivity contribution < 1.29 is 51.2 Å². The van der Waals surface area contributed by atoms with Gasteiger partial charge in [-0.1, -0.05) is 0 Å². The van der Waals surface area contributed by atoms with Crippen molar-refractivity contribution in [3.05, 3.63) is 22.7 Å². The van der Waals surface area contributed by atoms with Crippen molar-refractivity contribution in [3.63, 3.8) is 0 Å². The van der Waals surface area contributed by atoms with Gasteiger partial charge in [-0.05, 0) is 6.07 Å². The first kappa shape index (κ1) is 23.3. The van der Waals surface area contributed by atoms with Crippen molar-refractivity contribution >= 4 is 29.3 Å². The molecule has 1 saturated heterocycles. The number of phosphoric acid groups is 3. The van der Waals surface area contributed by atoms with E-state index in [9.17, 15) is 23.4 Å². The van der Waals surface area contributed by atoms with Gasteiger partial charge in [0, 0.05) is 18.7 Å². The van der Waals surface area contributed by atoms with Crippen molar-refractivity contribution in [2.75, 3.05) is 12.3 Å². The van der Waals surface area contributed by atoms with E-state index in [1.165, 1.54) is 12.3 Å². The number of hydrogen-bond donors (Lipinski definition) is 6. The Morgan fingerprint density at radius 1 is 1.21 bits per heavy atom. The number of hydrogen-bond acceptors (Lipinski definition) is 11. The SMILES string of the molecule is Nc1ccn(C2CC(N)C(COP(=O)(O)OP(=O)(O)OP(=O)(O)O)O2)c(=O)n1. The number of nitrogens with zero attached hydrogens (tertiary/aromatic N) is 2. The van der Waals surface area contributed by atoms with Gasteiger partial charge in [0.2, 0.25) is 0 Å². The van der Waals surface area contributed by atoms with Gasteiger partial charge < -0.3 is 35.8 Å². The van der Waals surface area contributed by atoms with Gasteiger partial charge >= 0.3 is 29.2 Å². The second-order valence-corrected chi connectivity index (χ2v) is 9.88. The average molecular weight is 466 g/mol. The Hall–Kier alpha value is -0.990. The van der Waals surface area contributed by atoms with Crippen molar-refractivity contribution in [1.82, 2.24) is 9.55 Å². The molecule has 2 rings (SSSR count). The number of nitrogens with two attached hydrogens (primary N) is 2. The van der Waals surface area contributed by atoms with Crippen LogP contribution in [0.5, 0.6) is 0 Å². The molecular formula is C9H17N4O12P3. The minimum Gasteiger partial charge on any atom is -0.383 e. The molecule has 16 nitrogen and oxygen atoms in total. The minimum absolute atomic E-state index is 0.00671. The summed E-state index contributed by atoms with van der Waals surface area (Å²) in [4.78, 5) is 50.7. The molecule has 160 valence electrons. The summed E-state index contributed by atoms with van der Waals surface area (Å²) in [6.45, 7) is -0.724. The highest BCUT2D eigenvalue weighted by Crippen LogP contribution is 2.66. The number of anilines is 1. The smallest absolute Gasteiger partial charge is 0.383 e. The maximum Gasteiger partial charge on any atom is 0.490 e. The Bertz CT molecular complexity index is 916. The van der Waals surface area contributed by atoms with E-state index in [1.54, 1.807) is 0 Å². The van der Waals surface area contributed by atoms with Crippen LogP contribution in [0.2, 0.25) is 0 Å². The zero-order valence-electron chi connectivity index (χ0n) is 13.7. The lowest BCUT2D eigenvalue weighted by molar-refractivity contribution is -0.0266. The zero-order chi connectivity index (χ0) is 21.3. The number of rotatable bonds is 8. The molecule has 28 heavy (non-hydrogen) atoms. The number of nitrogen functional groups attached to an aromatic ring is 1.